The highest BCUT2D eigenvalue weighted by Gasteiger charge is 2.42. The van der Waals surface area contributed by atoms with Gasteiger partial charge in [-0.2, -0.15) is 25.3 Å². The Morgan fingerprint density at radius 3 is 1.11 bits per heavy atom. The summed E-state index contributed by atoms with van der Waals surface area (Å²) < 4.78 is 0. The number of aromatic hydroxyl groups is 1. The van der Waals surface area contributed by atoms with Gasteiger partial charge in [0.15, 0.2) is 29.8 Å². The van der Waals surface area contributed by atoms with Crippen LogP contribution in [0.5, 0.6) is 5.75 Å². The summed E-state index contributed by atoms with van der Waals surface area (Å²) in [7, 11) is 0. The molecule has 1 aliphatic rings. The first kappa shape index (κ1) is 115. The number of fused-ring (bicyclic) bond motifs is 1. The number of carboxylic acids is 1. The summed E-state index contributed by atoms with van der Waals surface area (Å²) in [5.74, 6) is -15.9. The molecule has 1 aliphatic heterocycles. The Morgan fingerprint density at radius 2 is 0.706 bits per heavy atom. The zero-order chi connectivity index (χ0) is 101. The number of amides is 15. The highest BCUT2D eigenvalue weighted by Crippen LogP contribution is 2.23. The molecular formula is C84H139N33O17S2. The first-order valence-electron chi connectivity index (χ1n) is 44.9. The second-order valence-corrected chi connectivity index (χ2v) is 33.3. The number of unbranched alkanes of at least 4 members (excludes halogenated alkanes) is 2. The number of phenolic OH excluding ortho intramolecular Hbond substituents is 1. The van der Waals surface area contributed by atoms with Crippen LogP contribution in [0, 0.1) is 27.0 Å². The molecular weight excluding hydrogens is 1810 g/mol. The number of rotatable bonds is 64. The van der Waals surface area contributed by atoms with Gasteiger partial charge < -0.3 is 162 Å². The summed E-state index contributed by atoms with van der Waals surface area (Å²) in [5, 5.41) is 107. The maximum Gasteiger partial charge on any atom is 0.326 e. The molecule has 0 unspecified atom stereocenters. The molecule has 15 amide bonds. The number of aliphatic carboxylic acids is 1. The maximum absolute atomic E-state index is 15.2. The average Bonchev–Trinajstić information content (AvgIpc) is 1.75. The lowest BCUT2D eigenvalue weighted by atomic mass is 10.00. The third kappa shape index (κ3) is 43.7. The van der Waals surface area contributed by atoms with Gasteiger partial charge in [0.1, 0.15) is 84.3 Å². The summed E-state index contributed by atoms with van der Waals surface area (Å²) in [6, 6.07) is -2.87. The predicted molar refractivity (Wildman–Crippen MR) is 515 cm³/mol. The van der Waals surface area contributed by atoms with Crippen molar-refractivity contribution in [1.82, 2.24) is 101 Å². The first-order chi connectivity index (χ1) is 64.7. The SMILES string of the molecule is C[C@H](NC(=O)[C@@H]1CCCN1C(=O)[C@@H](CCCCN)NC(=O)[C@H](CCCCN)NC(=O)[C@H](CCCNC(=N)N)NC(=O)[C@H](Cc1ccc(O)cc1)NC(=O)[C@H](CS)NC(=O)[C@H](Cc1ccc2ccccc2c1)NC(=O)[C@H](CCCNC(=N)N)NC(=O)[C@@H](N)CCCNC(=N)N)C(=O)N[C@@H](CCCNC(=N)N)C(=O)N[C@@H](CCCNC(N)=O)C(=O)N[C@@H](CS)C(=O)N[C@@H](CCCNC(=N)N)C(=O)O. The van der Waals surface area contributed by atoms with Crippen LogP contribution in [0.3, 0.4) is 0 Å². The Balaban J connectivity index is 1.65. The Morgan fingerprint density at radius 1 is 0.382 bits per heavy atom. The van der Waals surface area contributed by atoms with Crippen molar-refractivity contribution in [2.75, 3.05) is 70.4 Å². The molecule has 1 fully saturated rings. The Labute approximate surface area is 798 Å². The average molecular weight is 1950 g/mol. The van der Waals surface area contributed by atoms with E-state index in [2.05, 4.69) is 121 Å². The molecule has 14 atom stereocenters. The minimum Gasteiger partial charge on any atom is -0.508 e. The summed E-state index contributed by atoms with van der Waals surface area (Å²) in [4.78, 5) is 214. The Kier molecular flexibility index (Phi) is 52.5. The molecule has 0 aliphatic carbocycles. The van der Waals surface area contributed by atoms with Crippen LogP contribution in [0.2, 0.25) is 0 Å². The zero-order valence-corrected chi connectivity index (χ0v) is 78.1. The number of carboxylic acid groups (broad SMARTS) is 1. The standard InChI is InChI=1S/C84H139N33O17S2/c1-46(65(119)106-54(20-9-35-100-80(90)91)67(121)109-57(23-12-39-104-84(98)134)71(125)115-62(44-135)74(128)112-59(78(132)133)24-13-38-103-83(96)97)105-76(130)64-25-14-40-117(64)77(131)58(19-5-7-33-86)111-69(123)53(18-4-6-32-85)108-68(122)56(22-11-37-102-82(94)95)110-72(126)60(42-47-27-30-51(118)31-28-47)114-75(129)63(45-136)116-73(127)61(43-48-26-29-49-15-2-3-16-50(49)41-48)113-70(124)55(21-10-36-101-81(92)93)107-66(120)52(87)17-8-34-99-79(88)89/h2-3,15-16,26-31,41,46,52-64,118,135-136H,4-14,17-25,32-40,42-45,85-87H2,1H3,(H,105,130)(H,106,119)(H,107,120)(H,108,122)(H,109,121)(H,110,126)(H,111,123)(H,112,128)(H,113,124)(H,114,129)(H,115,125)(H,116,127)(H,132,133)(H4,88,89,99)(H4,90,91,100)(H4,92,93,101)(H4,94,95,102)(H4,96,97,103)(H3,98,104,134)/t46-,52-,53-,54-,55-,56-,57-,58+,59-,60-,61-,62-,63-,64-/m0/s1. The highest BCUT2D eigenvalue weighted by molar-refractivity contribution is 7.80. The summed E-state index contributed by atoms with van der Waals surface area (Å²) in [6.07, 6.45) is 0.900. The van der Waals surface area contributed by atoms with E-state index < -0.39 is 191 Å². The van der Waals surface area contributed by atoms with Gasteiger partial charge in [-0.25, -0.2) is 9.59 Å². The van der Waals surface area contributed by atoms with E-state index in [1.807, 2.05) is 30.3 Å². The van der Waals surface area contributed by atoms with Crippen LogP contribution in [0.4, 0.5) is 4.79 Å². The minimum atomic E-state index is -1.62. The normalized spacial score (nSPS) is 15.0. The first-order valence-corrected chi connectivity index (χ1v) is 46.2. The van der Waals surface area contributed by atoms with Crippen molar-refractivity contribution in [2.24, 2.45) is 51.6 Å². The highest BCUT2D eigenvalue weighted by atomic mass is 32.1. The number of nitrogens with one attached hydrogen (secondary N) is 23. The van der Waals surface area contributed by atoms with Gasteiger partial charge in [-0.05, 0) is 182 Å². The number of guanidine groups is 5. The predicted octanol–water partition coefficient (Wildman–Crippen LogP) is -7.55. The molecule has 1 heterocycles. The van der Waals surface area contributed by atoms with Gasteiger partial charge in [0.25, 0.3) is 0 Å². The Hall–Kier alpha value is -13.5. The quantitative estimate of drug-likeness (QED) is 0.0108. The number of hydrogen-bond donors (Lipinski definition) is 36. The van der Waals surface area contributed by atoms with Crippen molar-refractivity contribution >= 4 is 155 Å². The van der Waals surface area contributed by atoms with E-state index >= 15 is 19.2 Å². The van der Waals surface area contributed by atoms with Crippen LogP contribution in [-0.4, -0.2) is 289 Å². The van der Waals surface area contributed by atoms with E-state index in [1.165, 1.54) is 36.1 Å². The van der Waals surface area contributed by atoms with Gasteiger partial charge in [0, 0.05) is 70.2 Å². The summed E-state index contributed by atoms with van der Waals surface area (Å²) in [6.45, 7) is 1.91. The van der Waals surface area contributed by atoms with Gasteiger partial charge in [0.05, 0.1) is 6.04 Å². The summed E-state index contributed by atoms with van der Waals surface area (Å²) >= 11 is 8.65. The lowest BCUT2D eigenvalue weighted by molar-refractivity contribution is -0.142. The number of hydrogen-bond acceptors (Lipinski definition) is 26. The fraction of sp³-hybridized carbons (Fsp3) is 0.571. The van der Waals surface area contributed by atoms with E-state index in [0.29, 0.717) is 30.4 Å². The third-order valence-corrected chi connectivity index (χ3v) is 22.4. The van der Waals surface area contributed by atoms with Crippen molar-refractivity contribution in [3.05, 3.63) is 77.9 Å². The molecule has 754 valence electrons. The fourth-order valence-electron chi connectivity index (χ4n) is 14.3. The van der Waals surface area contributed by atoms with Gasteiger partial charge >= 0.3 is 12.0 Å². The van der Waals surface area contributed by atoms with Gasteiger partial charge in [-0.15, -0.1) is 0 Å². The molecule has 50 nitrogen and oxygen atoms in total. The lowest BCUT2D eigenvalue weighted by Crippen LogP contribution is -2.61. The van der Waals surface area contributed by atoms with Crippen molar-refractivity contribution in [2.45, 2.75) is 233 Å². The lowest BCUT2D eigenvalue weighted by Gasteiger charge is -2.31. The smallest absolute Gasteiger partial charge is 0.326 e. The number of urea groups is 1. The Bertz CT molecular complexity index is 4530. The molecule has 0 spiro atoms. The van der Waals surface area contributed by atoms with E-state index in [4.69, 9.17) is 78.6 Å². The van der Waals surface area contributed by atoms with E-state index in [-0.39, 0.29) is 210 Å². The number of thiol groups is 2. The van der Waals surface area contributed by atoms with Crippen molar-refractivity contribution in [3.8, 4) is 5.75 Å². The third-order valence-electron chi connectivity index (χ3n) is 21.7. The van der Waals surface area contributed by atoms with Crippen molar-refractivity contribution in [1.29, 1.82) is 27.0 Å². The number of phenols is 1. The molecule has 4 rings (SSSR count). The molecule has 0 radical (unpaired) electrons. The van der Waals surface area contributed by atoms with Gasteiger partial charge in [-0.1, -0.05) is 54.6 Å². The molecule has 0 bridgehead atoms. The molecule has 52 heteroatoms. The molecule has 0 saturated carbocycles. The molecule has 3 aromatic carbocycles. The van der Waals surface area contributed by atoms with Crippen LogP contribution in [0.15, 0.2) is 66.7 Å². The number of primary amides is 1. The van der Waals surface area contributed by atoms with Crippen LogP contribution >= 0.6 is 25.3 Å². The van der Waals surface area contributed by atoms with Crippen molar-refractivity contribution in [3.63, 3.8) is 0 Å². The van der Waals surface area contributed by atoms with E-state index in [0.717, 1.165) is 10.8 Å². The number of nitrogens with two attached hydrogens (primary N) is 9. The number of nitrogens with zero attached hydrogens (tertiary/aromatic N) is 1. The molecule has 43 N–H and O–H groups in total. The number of carbonyl (C=O) groups is 15. The number of benzene rings is 3. The second kappa shape index (κ2) is 62.1. The molecule has 136 heavy (non-hydrogen) atoms. The van der Waals surface area contributed by atoms with Crippen LogP contribution in [0.1, 0.15) is 146 Å². The topological polar surface area (TPSA) is 870 Å². The van der Waals surface area contributed by atoms with Crippen LogP contribution in [-0.2, 0) is 80.0 Å². The largest absolute Gasteiger partial charge is 0.508 e. The zero-order valence-electron chi connectivity index (χ0n) is 76.3. The fourth-order valence-corrected chi connectivity index (χ4v) is 14.9. The number of likely N-dealkylation sites (tertiary alicyclic amines) is 1. The molecule has 3 aromatic rings. The van der Waals surface area contributed by atoms with E-state index in [1.54, 1.807) is 12.1 Å². The van der Waals surface area contributed by atoms with Crippen LogP contribution < -0.4 is 147 Å². The maximum atomic E-state index is 15.2. The van der Waals surface area contributed by atoms with Crippen LogP contribution in [0.25, 0.3) is 10.8 Å². The van der Waals surface area contributed by atoms with Gasteiger partial charge in [0.2, 0.25) is 76.8 Å². The monoisotopic (exact) mass is 1950 g/mol. The van der Waals surface area contributed by atoms with Crippen molar-refractivity contribution < 1.29 is 82.1 Å². The van der Waals surface area contributed by atoms with E-state index in [9.17, 15) is 63.0 Å². The summed E-state index contributed by atoms with van der Waals surface area (Å²) in [5.41, 5.74) is 51.7. The molecule has 0 aromatic heterocycles. The number of carbonyl (C=O) groups excluding carboxylic acids is 14. The van der Waals surface area contributed by atoms with Gasteiger partial charge in [-0.3, -0.25) is 89.4 Å². The second-order valence-electron chi connectivity index (χ2n) is 32.6. The minimum absolute atomic E-state index is 0.00258. The molecule has 1 saturated heterocycles.